The molecule has 0 saturated heterocycles. The smallest absolute Gasteiger partial charge is 0.224 e. The van der Waals surface area contributed by atoms with Crippen molar-refractivity contribution in [2.75, 3.05) is 13.2 Å². The van der Waals surface area contributed by atoms with Gasteiger partial charge in [-0.3, -0.25) is 4.79 Å². The second kappa shape index (κ2) is 9.50. The van der Waals surface area contributed by atoms with E-state index >= 15 is 0 Å². The Hall–Kier alpha value is -1.39. The van der Waals surface area contributed by atoms with Crippen molar-refractivity contribution < 1.29 is 9.53 Å². The van der Waals surface area contributed by atoms with Crippen LogP contribution in [0.3, 0.4) is 0 Å². The minimum Gasteiger partial charge on any atom is -0.377 e. The average Bonchev–Trinajstić information content (AvgIpc) is 2.48. The first-order valence-corrected chi connectivity index (χ1v) is 7.35. The van der Waals surface area contributed by atoms with Crippen LogP contribution in [0.4, 0.5) is 0 Å². The molecule has 0 fully saturated rings. The van der Waals surface area contributed by atoms with E-state index in [0.29, 0.717) is 26.3 Å². The van der Waals surface area contributed by atoms with Crippen LogP contribution in [0.15, 0.2) is 24.3 Å². The van der Waals surface area contributed by atoms with Gasteiger partial charge in [-0.05, 0) is 24.5 Å². The molecule has 4 heteroatoms. The SMILES string of the molecule is CCCC(CN)C(=O)NCc1ccccc1COCC. The third-order valence-corrected chi connectivity index (χ3v) is 3.33. The van der Waals surface area contributed by atoms with E-state index in [1.165, 1.54) is 0 Å². The van der Waals surface area contributed by atoms with Crippen LogP contribution >= 0.6 is 0 Å². The summed E-state index contributed by atoms with van der Waals surface area (Å²) in [5, 5.41) is 2.98. The Kier molecular flexibility index (Phi) is 7.92. The number of hydrogen-bond donors (Lipinski definition) is 2. The highest BCUT2D eigenvalue weighted by Gasteiger charge is 2.15. The quantitative estimate of drug-likeness (QED) is 0.728. The molecule has 1 amide bonds. The van der Waals surface area contributed by atoms with Crippen molar-refractivity contribution in [3.05, 3.63) is 35.4 Å². The average molecular weight is 278 g/mol. The molecule has 3 N–H and O–H groups in total. The predicted octanol–water partition coefficient (Wildman–Crippen LogP) is 2.21. The molecular formula is C16H26N2O2. The summed E-state index contributed by atoms with van der Waals surface area (Å²) in [5.41, 5.74) is 7.86. The van der Waals surface area contributed by atoms with Gasteiger partial charge in [-0.2, -0.15) is 0 Å². The van der Waals surface area contributed by atoms with Gasteiger partial charge in [0.1, 0.15) is 0 Å². The molecular weight excluding hydrogens is 252 g/mol. The molecule has 112 valence electrons. The summed E-state index contributed by atoms with van der Waals surface area (Å²) in [5.74, 6) is -0.0420. The van der Waals surface area contributed by atoms with E-state index in [1.54, 1.807) is 0 Å². The summed E-state index contributed by atoms with van der Waals surface area (Å²) in [6.07, 6.45) is 1.80. The van der Waals surface area contributed by atoms with Gasteiger partial charge in [0, 0.05) is 19.7 Å². The van der Waals surface area contributed by atoms with Crippen molar-refractivity contribution in [2.24, 2.45) is 11.7 Å². The highest BCUT2D eigenvalue weighted by atomic mass is 16.5. The standard InChI is InChI=1S/C16H26N2O2/c1-3-7-13(10-17)16(19)18-11-14-8-5-6-9-15(14)12-20-4-2/h5-6,8-9,13H,3-4,7,10-12,17H2,1-2H3,(H,18,19). The third-order valence-electron chi connectivity index (χ3n) is 3.33. The summed E-state index contributed by atoms with van der Waals surface area (Å²) in [4.78, 5) is 12.0. The molecule has 20 heavy (non-hydrogen) atoms. The zero-order chi connectivity index (χ0) is 14.8. The first kappa shape index (κ1) is 16.7. The van der Waals surface area contributed by atoms with Gasteiger partial charge in [0.15, 0.2) is 0 Å². The second-order valence-corrected chi connectivity index (χ2v) is 4.84. The fourth-order valence-corrected chi connectivity index (χ4v) is 2.11. The van der Waals surface area contributed by atoms with Crippen LogP contribution in [0.25, 0.3) is 0 Å². The Labute approximate surface area is 121 Å². The lowest BCUT2D eigenvalue weighted by atomic mass is 10.0. The van der Waals surface area contributed by atoms with E-state index in [9.17, 15) is 4.79 Å². The van der Waals surface area contributed by atoms with Gasteiger partial charge in [-0.25, -0.2) is 0 Å². The zero-order valence-corrected chi connectivity index (χ0v) is 12.5. The van der Waals surface area contributed by atoms with Crippen molar-refractivity contribution in [3.63, 3.8) is 0 Å². The summed E-state index contributed by atoms with van der Waals surface area (Å²) >= 11 is 0. The van der Waals surface area contributed by atoms with E-state index < -0.39 is 0 Å². The summed E-state index contributed by atoms with van der Waals surface area (Å²) in [6, 6.07) is 8.01. The maximum atomic E-state index is 12.0. The summed E-state index contributed by atoms with van der Waals surface area (Å²) < 4.78 is 5.44. The lowest BCUT2D eigenvalue weighted by Gasteiger charge is -2.15. The largest absolute Gasteiger partial charge is 0.377 e. The van der Waals surface area contributed by atoms with Gasteiger partial charge in [0.25, 0.3) is 0 Å². The maximum Gasteiger partial charge on any atom is 0.224 e. The monoisotopic (exact) mass is 278 g/mol. The van der Waals surface area contributed by atoms with E-state index in [-0.39, 0.29) is 11.8 Å². The van der Waals surface area contributed by atoms with E-state index in [2.05, 4.69) is 12.2 Å². The number of ether oxygens (including phenoxy) is 1. The van der Waals surface area contributed by atoms with E-state index in [0.717, 1.165) is 24.0 Å². The van der Waals surface area contributed by atoms with Crippen LogP contribution < -0.4 is 11.1 Å². The number of amides is 1. The van der Waals surface area contributed by atoms with E-state index in [1.807, 2.05) is 31.2 Å². The van der Waals surface area contributed by atoms with Crippen LogP contribution in [0, 0.1) is 5.92 Å². The van der Waals surface area contributed by atoms with Crippen molar-refractivity contribution >= 4 is 5.91 Å². The minimum atomic E-state index is -0.0842. The van der Waals surface area contributed by atoms with Crippen LogP contribution in [0.2, 0.25) is 0 Å². The number of nitrogens with one attached hydrogen (secondary N) is 1. The molecule has 1 aromatic rings. The number of carbonyl (C=O) groups is 1. The number of benzene rings is 1. The lowest BCUT2D eigenvalue weighted by Crippen LogP contribution is -2.34. The number of nitrogens with two attached hydrogens (primary N) is 1. The van der Waals surface area contributed by atoms with Gasteiger partial charge in [0.05, 0.1) is 12.5 Å². The molecule has 0 radical (unpaired) electrons. The lowest BCUT2D eigenvalue weighted by molar-refractivity contribution is -0.125. The molecule has 0 aliphatic heterocycles. The summed E-state index contributed by atoms with van der Waals surface area (Å²) in [7, 11) is 0. The van der Waals surface area contributed by atoms with Crippen molar-refractivity contribution in [3.8, 4) is 0 Å². The van der Waals surface area contributed by atoms with E-state index in [4.69, 9.17) is 10.5 Å². The first-order chi connectivity index (χ1) is 9.72. The Morgan fingerprint density at radius 2 is 2.00 bits per heavy atom. The molecule has 0 aliphatic rings. The van der Waals surface area contributed by atoms with Gasteiger partial charge >= 0.3 is 0 Å². The molecule has 0 saturated carbocycles. The molecule has 1 aromatic carbocycles. The first-order valence-electron chi connectivity index (χ1n) is 7.35. The van der Waals surface area contributed by atoms with Crippen LogP contribution in [-0.4, -0.2) is 19.1 Å². The van der Waals surface area contributed by atoms with Crippen molar-refractivity contribution in [1.29, 1.82) is 0 Å². The Balaban J connectivity index is 2.58. The second-order valence-electron chi connectivity index (χ2n) is 4.84. The van der Waals surface area contributed by atoms with Gasteiger partial charge in [0.2, 0.25) is 5.91 Å². The fraction of sp³-hybridized carbons (Fsp3) is 0.562. The molecule has 1 unspecified atom stereocenters. The molecule has 0 aliphatic carbocycles. The van der Waals surface area contributed by atoms with Crippen LogP contribution in [0.1, 0.15) is 37.8 Å². The Morgan fingerprint density at radius 1 is 1.30 bits per heavy atom. The van der Waals surface area contributed by atoms with Crippen LogP contribution in [-0.2, 0) is 22.7 Å². The highest BCUT2D eigenvalue weighted by molar-refractivity contribution is 5.78. The molecule has 0 aromatic heterocycles. The third kappa shape index (κ3) is 5.31. The highest BCUT2D eigenvalue weighted by Crippen LogP contribution is 2.11. The number of hydrogen-bond acceptors (Lipinski definition) is 3. The normalized spacial score (nSPS) is 12.2. The predicted molar refractivity (Wildman–Crippen MR) is 81.1 cm³/mol. The minimum absolute atomic E-state index is 0.0422. The zero-order valence-electron chi connectivity index (χ0n) is 12.5. The van der Waals surface area contributed by atoms with Crippen molar-refractivity contribution in [1.82, 2.24) is 5.32 Å². The molecule has 1 rings (SSSR count). The van der Waals surface area contributed by atoms with Gasteiger partial charge in [-0.1, -0.05) is 37.6 Å². The molecule has 0 spiro atoms. The molecule has 0 heterocycles. The summed E-state index contributed by atoms with van der Waals surface area (Å²) in [6.45, 7) is 6.24. The van der Waals surface area contributed by atoms with Gasteiger partial charge in [-0.15, -0.1) is 0 Å². The Bertz CT molecular complexity index is 407. The van der Waals surface area contributed by atoms with Crippen molar-refractivity contribution in [2.45, 2.75) is 39.8 Å². The van der Waals surface area contributed by atoms with Crippen LogP contribution in [0.5, 0.6) is 0 Å². The maximum absolute atomic E-state index is 12.0. The Morgan fingerprint density at radius 3 is 2.60 bits per heavy atom. The number of rotatable bonds is 9. The fourth-order valence-electron chi connectivity index (χ4n) is 2.11. The van der Waals surface area contributed by atoms with Gasteiger partial charge < -0.3 is 15.8 Å². The molecule has 0 bridgehead atoms. The number of carbonyl (C=O) groups excluding carboxylic acids is 1. The molecule has 4 nitrogen and oxygen atoms in total. The topological polar surface area (TPSA) is 64.4 Å². The molecule has 1 atom stereocenters.